The molecule has 0 fully saturated rings. The van der Waals surface area contributed by atoms with Crippen molar-refractivity contribution in [1.82, 2.24) is 9.97 Å². The van der Waals surface area contributed by atoms with Gasteiger partial charge in [0.25, 0.3) is 0 Å². The van der Waals surface area contributed by atoms with Gasteiger partial charge in [-0.15, -0.1) is 22.7 Å². The second kappa shape index (κ2) is 11.8. The van der Waals surface area contributed by atoms with Crippen LogP contribution in [0, 0.1) is 0 Å². The summed E-state index contributed by atoms with van der Waals surface area (Å²) in [6, 6.07) is 19.1. The van der Waals surface area contributed by atoms with E-state index in [9.17, 15) is 19.8 Å². The van der Waals surface area contributed by atoms with Crippen LogP contribution in [0.3, 0.4) is 0 Å². The Bertz CT molecular complexity index is 1370. The fourth-order valence-electron chi connectivity index (χ4n) is 3.16. The Morgan fingerprint density at radius 3 is 1.42 bits per heavy atom. The number of aliphatic carboxylic acids is 2. The van der Waals surface area contributed by atoms with Gasteiger partial charge in [0.05, 0.1) is 22.5 Å². The van der Waals surface area contributed by atoms with E-state index in [-0.39, 0.29) is 12.6 Å². The molecule has 36 heavy (non-hydrogen) atoms. The van der Waals surface area contributed by atoms with E-state index in [0.717, 1.165) is 11.1 Å². The topological polar surface area (TPSA) is 100 Å². The lowest BCUT2D eigenvalue weighted by Crippen LogP contribution is -2.00. The van der Waals surface area contributed by atoms with Crippen LogP contribution in [-0.2, 0) is 9.59 Å². The number of nitrogens with zero attached hydrogens (tertiary/aromatic N) is 2. The fourth-order valence-corrected chi connectivity index (χ4v) is 4.85. The predicted octanol–water partition coefficient (Wildman–Crippen LogP) is 6.88. The van der Waals surface area contributed by atoms with Crippen molar-refractivity contribution in [2.75, 3.05) is 0 Å². The molecule has 0 aliphatic carbocycles. The van der Waals surface area contributed by atoms with Crippen LogP contribution in [0.15, 0.2) is 95.7 Å². The number of thiazole rings is 2. The minimum absolute atomic E-state index is 0. The van der Waals surface area contributed by atoms with Gasteiger partial charge in [-0.2, -0.15) is 0 Å². The van der Waals surface area contributed by atoms with Gasteiger partial charge >= 0.3 is 11.9 Å². The van der Waals surface area contributed by atoms with Gasteiger partial charge in [-0.3, -0.25) is 0 Å². The normalized spacial score (nSPS) is 12.4. The lowest BCUT2D eigenvalue weighted by molar-refractivity contribution is -0.131. The molecule has 0 spiro atoms. The maximum atomic E-state index is 11.8. The number of benzene rings is 2. The Morgan fingerprint density at radius 2 is 1.06 bits per heavy atom. The van der Waals surface area contributed by atoms with E-state index in [0.29, 0.717) is 21.4 Å². The van der Waals surface area contributed by atoms with E-state index >= 15 is 0 Å². The molecule has 0 aliphatic heterocycles. The standard InChI is InChI=1S/C28H20N2O4S2.H2/c31-27(32)21(15-7-13-19-9-3-1-4-10-19)23-17-35-25(29-23)26-30-24(18-36-26)22(28(33)34)16-8-14-20-11-5-2-6-12-20;/h1-18H,(H,31,32)(H,33,34);1H/b13-7+,14-8+,21-15-,22-16-;. The number of aromatic nitrogens is 2. The summed E-state index contributed by atoms with van der Waals surface area (Å²) in [4.78, 5) is 32.6. The van der Waals surface area contributed by atoms with Crippen molar-refractivity contribution in [3.05, 3.63) is 118 Å². The summed E-state index contributed by atoms with van der Waals surface area (Å²) in [6.07, 6.45) is 9.99. The summed E-state index contributed by atoms with van der Waals surface area (Å²) < 4.78 is 0. The van der Waals surface area contributed by atoms with Crippen LogP contribution in [0.5, 0.6) is 0 Å². The Morgan fingerprint density at radius 1 is 0.667 bits per heavy atom. The third-order valence-electron chi connectivity index (χ3n) is 4.91. The predicted molar refractivity (Wildman–Crippen MR) is 148 cm³/mol. The summed E-state index contributed by atoms with van der Waals surface area (Å²) in [7, 11) is 0. The molecule has 180 valence electrons. The number of carboxylic acid groups (broad SMARTS) is 2. The van der Waals surface area contributed by atoms with Gasteiger partial charge in [-0.1, -0.05) is 85.0 Å². The fraction of sp³-hybridized carbons (Fsp3) is 0. The number of carbonyl (C=O) groups is 2. The summed E-state index contributed by atoms with van der Waals surface area (Å²) in [5.41, 5.74) is 2.65. The Hall–Kier alpha value is -4.40. The smallest absolute Gasteiger partial charge is 0.337 e. The molecule has 2 aromatic heterocycles. The first-order valence-corrected chi connectivity index (χ1v) is 12.5. The zero-order valence-corrected chi connectivity index (χ0v) is 20.4. The SMILES string of the molecule is O=C(O)/C(=C\C=C\c1ccccc1)c1csc(-c2nc(/C(=C/C=C/c3ccccc3)C(=O)O)cs2)n1.[HH]. The number of carboxylic acids is 2. The molecule has 2 heterocycles. The molecule has 0 atom stereocenters. The van der Waals surface area contributed by atoms with Crippen LogP contribution in [0.25, 0.3) is 33.3 Å². The number of allylic oxidation sites excluding steroid dienone is 4. The molecule has 2 aromatic carbocycles. The van der Waals surface area contributed by atoms with Crippen molar-refractivity contribution in [3.8, 4) is 10.0 Å². The molecule has 0 amide bonds. The first-order valence-electron chi connectivity index (χ1n) is 10.8. The zero-order chi connectivity index (χ0) is 25.3. The van der Waals surface area contributed by atoms with Gasteiger partial charge in [0.2, 0.25) is 0 Å². The largest absolute Gasteiger partial charge is 0.478 e. The van der Waals surface area contributed by atoms with Crippen molar-refractivity contribution in [1.29, 1.82) is 0 Å². The second-order valence-electron chi connectivity index (χ2n) is 7.39. The molecule has 0 bridgehead atoms. The molecule has 4 aromatic rings. The van der Waals surface area contributed by atoms with E-state index in [4.69, 9.17) is 0 Å². The third kappa shape index (κ3) is 6.38. The van der Waals surface area contributed by atoms with Gasteiger partial charge in [0, 0.05) is 12.2 Å². The summed E-state index contributed by atoms with van der Waals surface area (Å²) in [5, 5.41) is 23.7. The average molecular weight is 515 g/mol. The lowest BCUT2D eigenvalue weighted by atomic mass is 10.1. The third-order valence-corrected chi connectivity index (χ3v) is 6.73. The van der Waals surface area contributed by atoms with Gasteiger partial charge < -0.3 is 10.2 Å². The minimum Gasteiger partial charge on any atom is -0.478 e. The minimum atomic E-state index is -1.09. The van der Waals surface area contributed by atoms with Crippen LogP contribution in [0.2, 0.25) is 0 Å². The van der Waals surface area contributed by atoms with Gasteiger partial charge in [0.15, 0.2) is 10.0 Å². The van der Waals surface area contributed by atoms with Crippen LogP contribution in [0.4, 0.5) is 0 Å². The highest BCUT2D eigenvalue weighted by Gasteiger charge is 2.18. The molecule has 8 heteroatoms. The highest BCUT2D eigenvalue weighted by Crippen LogP contribution is 2.31. The van der Waals surface area contributed by atoms with Crippen molar-refractivity contribution in [2.45, 2.75) is 0 Å². The number of hydrogen-bond donors (Lipinski definition) is 2. The maximum Gasteiger partial charge on any atom is 0.337 e. The van der Waals surface area contributed by atoms with E-state index < -0.39 is 11.9 Å². The highest BCUT2D eigenvalue weighted by molar-refractivity contribution is 7.19. The maximum absolute atomic E-state index is 11.8. The Labute approximate surface area is 217 Å². The molecular formula is C28H22N2O4S2. The first-order chi connectivity index (χ1) is 17.5. The second-order valence-corrected chi connectivity index (χ2v) is 9.10. The molecule has 0 aliphatic rings. The van der Waals surface area contributed by atoms with Crippen molar-refractivity contribution >= 4 is 57.9 Å². The van der Waals surface area contributed by atoms with Crippen LogP contribution < -0.4 is 0 Å². The van der Waals surface area contributed by atoms with Crippen LogP contribution >= 0.6 is 22.7 Å². The van der Waals surface area contributed by atoms with Gasteiger partial charge in [0.1, 0.15) is 0 Å². The molecule has 0 saturated carbocycles. The van der Waals surface area contributed by atoms with Crippen molar-refractivity contribution < 1.29 is 21.2 Å². The highest BCUT2D eigenvalue weighted by atomic mass is 32.1. The summed E-state index contributed by atoms with van der Waals surface area (Å²) in [5.74, 6) is -2.18. The molecule has 6 nitrogen and oxygen atoms in total. The van der Waals surface area contributed by atoms with Crippen molar-refractivity contribution in [2.24, 2.45) is 0 Å². The Kier molecular flexibility index (Phi) is 8.12. The zero-order valence-electron chi connectivity index (χ0n) is 18.8. The van der Waals surface area contributed by atoms with Crippen molar-refractivity contribution in [3.63, 3.8) is 0 Å². The van der Waals surface area contributed by atoms with Gasteiger partial charge in [-0.05, 0) is 23.3 Å². The quantitative estimate of drug-likeness (QED) is 0.187. The molecule has 0 unspecified atom stereocenters. The lowest BCUT2D eigenvalue weighted by Gasteiger charge is -1.97. The van der Waals surface area contributed by atoms with E-state index in [1.54, 1.807) is 22.9 Å². The Balaban J connectivity index is 0.00000380. The van der Waals surface area contributed by atoms with Gasteiger partial charge in [-0.25, -0.2) is 19.6 Å². The molecular weight excluding hydrogens is 492 g/mol. The van der Waals surface area contributed by atoms with E-state index in [1.165, 1.54) is 34.8 Å². The van der Waals surface area contributed by atoms with E-state index in [2.05, 4.69) is 9.97 Å². The monoisotopic (exact) mass is 514 g/mol. The molecule has 4 rings (SSSR count). The molecule has 0 saturated heterocycles. The number of hydrogen-bond acceptors (Lipinski definition) is 6. The van der Waals surface area contributed by atoms with Crippen LogP contribution in [-0.4, -0.2) is 32.1 Å². The van der Waals surface area contributed by atoms with E-state index in [1.807, 2.05) is 72.8 Å². The molecule has 2 N–H and O–H groups in total. The van der Waals surface area contributed by atoms with Crippen LogP contribution in [0.1, 0.15) is 23.9 Å². The summed E-state index contributed by atoms with van der Waals surface area (Å²) in [6.45, 7) is 0. The average Bonchev–Trinajstić information content (AvgIpc) is 3.55. The number of rotatable bonds is 9. The molecule has 0 radical (unpaired) electrons. The first kappa shape index (κ1) is 24.7. The summed E-state index contributed by atoms with van der Waals surface area (Å²) >= 11 is 2.51.